The lowest BCUT2D eigenvalue weighted by Gasteiger charge is -2.32. The van der Waals surface area contributed by atoms with Gasteiger partial charge in [-0.25, -0.2) is 14.8 Å². The zero-order valence-corrected chi connectivity index (χ0v) is 19.0. The molecule has 10 nitrogen and oxygen atoms in total. The predicted octanol–water partition coefficient (Wildman–Crippen LogP) is 1.21. The molecule has 2 aliphatic carbocycles. The molecule has 0 spiro atoms. The Bertz CT molecular complexity index is 914. The van der Waals surface area contributed by atoms with Crippen LogP contribution in [0.4, 0.5) is 4.79 Å². The summed E-state index contributed by atoms with van der Waals surface area (Å²) in [4.78, 5) is 22.1. The summed E-state index contributed by atoms with van der Waals surface area (Å²) in [7, 11) is -0.785. The van der Waals surface area contributed by atoms with Crippen molar-refractivity contribution in [3.05, 3.63) is 24.3 Å². The predicted molar refractivity (Wildman–Crippen MR) is 113 cm³/mol. The summed E-state index contributed by atoms with van der Waals surface area (Å²) in [6, 6.07) is 0.438. The van der Waals surface area contributed by atoms with Gasteiger partial charge in [0.05, 0.1) is 18.8 Å². The van der Waals surface area contributed by atoms with Crippen molar-refractivity contribution in [3.63, 3.8) is 0 Å². The quantitative estimate of drug-likeness (QED) is 0.636. The maximum atomic E-state index is 12.3. The second kappa shape index (κ2) is 8.27. The Morgan fingerprint density at radius 3 is 2.68 bits per heavy atom. The molecule has 0 aromatic carbocycles. The normalized spacial score (nSPS) is 35.2. The maximum absolute atomic E-state index is 12.3. The molecule has 0 bridgehead atoms. The van der Waals surface area contributed by atoms with E-state index in [1.54, 1.807) is 19.3 Å². The Kier molecular flexibility index (Phi) is 5.97. The number of hydrogen-bond acceptors (Lipinski definition) is 6. The van der Waals surface area contributed by atoms with Gasteiger partial charge in [0, 0.05) is 44.0 Å². The molecule has 3 aliphatic rings. The maximum Gasteiger partial charge on any atom is 0.407 e. The second-order valence-electron chi connectivity index (χ2n) is 9.21. The Morgan fingerprint density at radius 1 is 1.35 bits per heavy atom. The molecule has 1 aromatic heterocycles. The summed E-state index contributed by atoms with van der Waals surface area (Å²) >= 11 is 0. The number of aromatic nitrogens is 2. The zero-order chi connectivity index (χ0) is 22.4. The third kappa shape index (κ3) is 4.28. The van der Waals surface area contributed by atoms with Crippen molar-refractivity contribution in [1.82, 2.24) is 23.9 Å². The summed E-state index contributed by atoms with van der Waals surface area (Å²) in [6.07, 6.45) is 6.71. The van der Waals surface area contributed by atoms with E-state index in [2.05, 4.69) is 14.7 Å². The third-order valence-electron chi connectivity index (χ3n) is 7.10. The third-order valence-corrected chi connectivity index (χ3v) is 8.66. The first-order chi connectivity index (χ1) is 14.6. The van der Waals surface area contributed by atoms with E-state index < -0.39 is 28.4 Å². The van der Waals surface area contributed by atoms with Crippen molar-refractivity contribution in [2.75, 3.05) is 20.7 Å². The Labute approximate surface area is 183 Å². The highest BCUT2D eigenvalue weighted by Gasteiger charge is 2.60. The van der Waals surface area contributed by atoms with E-state index in [-0.39, 0.29) is 24.2 Å². The van der Waals surface area contributed by atoms with Crippen LogP contribution < -0.4 is 4.72 Å². The van der Waals surface area contributed by atoms with Crippen molar-refractivity contribution in [1.29, 1.82) is 0 Å². The number of carbonyl (C=O) groups is 1. The van der Waals surface area contributed by atoms with E-state index in [4.69, 9.17) is 4.74 Å². The number of carboxylic acid groups (broad SMARTS) is 1. The number of rotatable bonds is 7. The lowest BCUT2D eigenvalue weighted by molar-refractivity contribution is -0.00880. The van der Waals surface area contributed by atoms with Crippen molar-refractivity contribution in [2.45, 2.75) is 68.7 Å². The molecular formula is C20H31N5O5S. The van der Waals surface area contributed by atoms with Crippen LogP contribution in [0, 0.1) is 5.92 Å². The molecule has 0 unspecified atom stereocenters. The molecule has 1 aliphatic heterocycles. The minimum Gasteiger partial charge on any atom is -0.465 e. The van der Waals surface area contributed by atoms with Gasteiger partial charge in [0.15, 0.2) is 0 Å². The van der Waals surface area contributed by atoms with E-state index in [1.807, 2.05) is 6.07 Å². The van der Waals surface area contributed by atoms with Gasteiger partial charge in [-0.05, 0) is 51.0 Å². The highest BCUT2D eigenvalue weighted by atomic mass is 32.2. The molecule has 2 saturated carbocycles. The standard InChI is InChI=1S/C20H31N5O5S/c1-13-9-16(23-31(28,29)24(2)3)17(25(13)19(26)27)12-30-15-5-6-20(11-14(20)10-15)18-21-7-4-8-22-18/h4,7-8,13-17,23H,5-6,9-12H2,1-3H3,(H,26,27)/t13-,14-,15+,16+,17+,20-/m1/s1. The molecule has 2 N–H and O–H groups in total. The van der Waals surface area contributed by atoms with Crippen LogP contribution >= 0.6 is 0 Å². The van der Waals surface area contributed by atoms with Gasteiger partial charge < -0.3 is 9.84 Å². The highest BCUT2D eigenvalue weighted by Crippen LogP contribution is 2.61. The van der Waals surface area contributed by atoms with E-state index in [0.717, 1.165) is 35.8 Å². The first-order valence-corrected chi connectivity index (χ1v) is 12.2. The van der Waals surface area contributed by atoms with Crippen LogP contribution in [0.25, 0.3) is 0 Å². The lowest BCUT2D eigenvalue weighted by atomic mass is 9.86. The van der Waals surface area contributed by atoms with E-state index >= 15 is 0 Å². The van der Waals surface area contributed by atoms with Gasteiger partial charge in [-0.15, -0.1) is 0 Å². The molecule has 1 amide bonds. The van der Waals surface area contributed by atoms with E-state index in [9.17, 15) is 18.3 Å². The van der Waals surface area contributed by atoms with Crippen LogP contribution in [0.2, 0.25) is 0 Å². The summed E-state index contributed by atoms with van der Waals surface area (Å²) < 4.78 is 34.6. The fraction of sp³-hybridized carbons (Fsp3) is 0.750. The highest BCUT2D eigenvalue weighted by molar-refractivity contribution is 7.87. The van der Waals surface area contributed by atoms with Crippen LogP contribution in [0.3, 0.4) is 0 Å². The van der Waals surface area contributed by atoms with Crippen LogP contribution in [0.1, 0.15) is 44.9 Å². The largest absolute Gasteiger partial charge is 0.465 e. The molecule has 11 heteroatoms. The second-order valence-corrected chi connectivity index (χ2v) is 11.1. The van der Waals surface area contributed by atoms with Crippen LogP contribution in [0.5, 0.6) is 0 Å². The van der Waals surface area contributed by atoms with Crippen LogP contribution in [0.15, 0.2) is 18.5 Å². The van der Waals surface area contributed by atoms with Crippen molar-refractivity contribution in [3.8, 4) is 0 Å². The minimum absolute atomic E-state index is 0.0296. The molecule has 2 heterocycles. The minimum atomic E-state index is -3.68. The smallest absolute Gasteiger partial charge is 0.407 e. The average Bonchev–Trinajstić information content (AvgIpc) is 3.37. The number of nitrogens with one attached hydrogen (secondary N) is 1. The summed E-state index contributed by atoms with van der Waals surface area (Å²) in [5, 5.41) is 9.69. The van der Waals surface area contributed by atoms with Crippen molar-refractivity contribution in [2.24, 2.45) is 5.92 Å². The van der Waals surface area contributed by atoms with Crippen molar-refractivity contribution < 1.29 is 23.1 Å². The van der Waals surface area contributed by atoms with Crippen molar-refractivity contribution >= 4 is 16.3 Å². The van der Waals surface area contributed by atoms with Gasteiger partial charge in [0.1, 0.15) is 5.82 Å². The lowest BCUT2D eigenvalue weighted by Crippen LogP contribution is -2.52. The number of fused-ring (bicyclic) bond motifs is 1. The molecule has 6 atom stereocenters. The van der Waals surface area contributed by atoms with E-state index in [0.29, 0.717) is 12.3 Å². The summed E-state index contributed by atoms with van der Waals surface area (Å²) in [6.45, 7) is 1.97. The van der Waals surface area contributed by atoms with Gasteiger partial charge >= 0.3 is 6.09 Å². The molecule has 3 fully saturated rings. The Balaban J connectivity index is 1.39. The van der Waals surface area contributed by atoms with Gasteiger partial charge in [-0.2, -0.15) is 17.4 Å². The number of ether oxygens (including phenoxy) is 1. The topological polar surface area (TPSA) is 125 Å². The Morgan fingerprint density at radius 2 is 2.06 bits per heavy atom. The fourth-order valence-electron chi connectivity index (χ4n) is 5.29. The molecule has 1 aromatic rings. The monoisotopic (exact) mass is 453 g/mol. The van der Waals surface area contributed by atoms with E-state index in [1.165, 1.54) is 19.0 Å². The fourth-order valence-corrected chi connectivity index (χ4v) is 6.13. The molecule has 0 radical (unpaired) electrons. The molecule has 4 rings (SSSR count). The first kappa shape index (κ1) is 22.4. The van der Waals surface area contributed by atoms with Gasteiger partial charge in [0.2, 0.25) is 0 Å². The van der Waals surface area contributed by atoms with Gasteiger partial charge in [-0.1, -0.05) is 0 Å². The number of likely N-dealkylation sites (tertiary alicyclic amines) is 1. The average molecular weight is 454 g/mol. The zero-order valence-electron chi connectivity index (χ0n) is 18.1. The first-order valence-electron chi connectivity index (χ1n) is 10.7. The summed E-state index contributed by atoms with van der Waals surface area (Å²) in [5.74, 6) is 1.40. The number of hydrogen-bond donors (Lipinski definition) is 2. The number of amides is 1. The van der Waals surface area contributed by atoms with Crippen LogP contribution in [-0.2, 0) is 20.4 Å². The molecule has 1 saturated heterocycles. The van der Waals surface area contributed by atoms with Gasteiger partial charge in [0.25, 0.3) is 10.2 Å². The van der Waals surface area contributed by atoms with Gasteiger partial charge in [-0.3, -0.25) is 4.90 Å². The number of nitrogens with zero attached hydrogens (tertiary/aromatic N) is 4. The molecule has 31 heavy (non-hydrogen) atoms. The summed E-state index contributed by atoms with van der Waals surface area (Å²) in [5.41, 5.74) is 0.0694. The Hall–Kier alpha value is -1.82. The molecular weight excluding hydrogens is 422 g/mol. The SMILES string of the molecule is C[C@@H]1C[C@H](NS(=O)(=O)N(C)C)[C@H](CO[C@H]2CC[C@@]3(c4ncccn4)C[C@H]3C2)N1C(=O)O. The molecule has 172 valence electrons. The van der Waals surface area contributed by atoms with Crippen LogP contribution in [-0.4, -0.2) is 83.7 Å².